The summed E-state index contributed by atoms with van der Waals surface area (Å²) in [6, 6.07) is 7.57. The Kier molecular flexibility index (Phi) is 4.40. The fourth-order valence-corrected chi connectivity index (χ4v) is 2.30. The minimum Gasteiger partial charge on any atom is -0.458 e. The lowest BCUT2D eigenvalue weighted by atomic mass is 10.0. The van der Waals surface area contributed by atoms with Gasteiger partial charge in [-0.15, -0.1) is 0 Å². The van der Waals surface area contributed by atoms with Crippen molar-refractivity contribution in [3.05, 3.63) is 53.4 Å². The lowest BCUT2D eigenvalue weighted by Crippen LogP contribution is -2.19. The molecule has 21 heavy (non-hydrogen) atoms. The fraction of sp³-hybridized carbons (Fsp3) is 0.375. The Morgan fingerprint density at radius 2 is 1.95 bits per heavy atom. The quantitative estimate of drug-likeness (QED) is 0.809. The van der Waals surface area contributed by atoms with Crippen LogP contribution >= 0.6 is 0 Å². The number of nitrogens with zero attached hydrogens (tertiary/aromatic N) is 2. The molecule has 0 saturated carbocycles. The van der Waals surface area contributed by atoms with Crippen molar-refractivity contribution in [1.82, 2.24) is 9.55 Å². The van der Waals surface area contributed by atoms with Gasteiger partial charge in [0.2, 0.25) is 5.95 Å². The summed E-state index contributed by atoms with van der Waals surface area (Å²) >= 11 is 0. The van der Waals surface area contributed by atoms with Gasteiger partial charge in [-0.2, -0.15) is 4.39 Å². The van der Waals surface area contributed by atoms with Crippen LogP contribution < -0.4 is 0 Å². The summed E-state index contributed by atoms with van der Waals surface area (Å²) in [7, 11) is 0. The first-order valence-corrected chi connectivity index (χ1v) is 6.90. The summed E-state index contributed by atoms with van der Waals surface area (Å²) in [6.45, 7) is 7.32. The van der Waals surface area contributed by atoms with Crippen LogP contribution in [0.5, 0.6) is 0 Å². The first-order valence-electron chi connectivity index (χ1n) is 6.90. The molecule has 0 radical (unpaired) electrons. The van der Waals surface area contributed by atoms with Gasteiger partial charge < -0.3 is 9.30 Å². The molecule has 112 valence electrons. The number of aromatic nitrogens is 2. The second-order valence-electron chi connectivity index (χ2n) is 5.28. The molecule has 1 aromatic heterocycles. The molecule has 2 aromatic rings. The zero-order valence-electron chi connectivity index (χ0n) is 12.6. The maximum absolute atomic E-state index is 13.9. The van der Waals surface area contributed by atoms with E-state index < -0.39 is 11.9 Å². The fourth-order valence-electron chi connectivity index (χ4n) is 2.30. The van der Waals surface area contributed by atoms with E-state index in [1.807, 2.05) is 38.1 Å². The van der Waals surface area contributed by atoms with Crippen molar-refractivity contribution in [2.75, 3.05) is 0 Å². The number of benzene rings is 1. The molecule has 0 aliphatic carbocycles. The highest BCUT2D eigenvalue weighted by molar-refractivity contribution is 5.87. The van der Waals surface area contributed by atoms with Crippen molar-refractivity contribution in [1.29, 1.82) is 0 Å². The largest absolute Gasteiger partial charge is 0.458 e. The summed E-state index contributed by atoms with van der Waals surface area (Å²) in [5, 5.41) is 0. The van der Waals surface area contributed by atoms with Gasteiger partial charge in [0.05, 0.1) is 18.5 Å². The molecule has 0 fully saturated rings. The molecule has 1 atom stereocenters. The summed E-state index contributed by atoms with van der Waals surface area (Å²) < 4.78 is 20.5. The van der Waals surface area contributed by atoms with E-state index in [2.05, 4.69) is 4.98 Å². The van der Waals surface area contributed by atoms with Gasteiger partial charge in [0.15, 0.2) is 5.69 Å². The number of carbonyl (C=O) groups is 1. The van der Waals surface area contributed by atoms with Gasteiger partial charge in [-0.25, -0.2) is 9.78 Å². The first kappa shape index (κ1) is 15.2. The Balaban J connectivity index is 2.41. The van der Waals surface area contributed by atoms with E-state index in [0.717, 1.165) is 11.1 Å². The number of imidazole rings is 1. The molecule has 0 aliphatic heterocycles. The molecule has 5 heteroatoms. The number of hydrogen-bond acceptors (Lipinski definition) is 3. The molecule has 0 N–H and O–H groups in total. The molecule has 1 heterocycles. The molecule has 0 unspecified atom stereocenters. The first-order chi connectivity index (χ1) is 9.91. The molecule has 0 spiro atoms. The van der Waals surface area contributed by atoms with E-state index in [-0.39, 0.29) is 17.8 Å². The molecule has 4 nitrogen and oxygen atoms in total. The number of ether oxygens (including phenoxy) is 1. The van der Waals surface area contributed by atoms with Crippen molar-refractivity contribution < 1.29 is 13.9 Å². The van der Waals surface area contributed by atoms with Crippen molar-refractivity contribution in [2.24, 2.45) is 0 Å². The zero-order valence-corrected chi connectivity index (χ0v) is 12.6. The minimum atomic E-state index is -0.805. The summed E-state index contributed by atoms with van der Waals surface area (Å²) in [4.78, 5) is 15.7. The smallest absolute Gasteiger partial charge is 0.360 e. The van der Waals surface area contributed by atoms with Crippen LogP contribution in [0.15, 0.2) is 30.6 Å². The molecule has 0 amide bonds. The third-order valence-corrected chi connectivity index (χ3v) is 3.34. The van der Waals surface area contributed by atoms with Crippen molar-refractivity contribution >= 4 is 5.97 Å². The minimum absolute atomic E-state index is 0.139. The average Bonchev–Trinajstić information content (AvgIpc) is 2.79. The lowest BCUT2D eigenvalue weighted by Gasteiger charge is -2.18. The van der Waals surface area contributed by atoms with E-state index >= 15 is 0 Å². The number of carbonyl (C=O) groups excluding carboxylic acids is 1. The van der Waals surface area contributed by atoms with Gasteiger partial charge in [0.1, 0.15) is 0 Å². The van der Waals surface area contributed by atoms with Gasteiger partial charge in [-0.3, -0.25) is 0 Å². The van der Waals surface area contributed by atoms with E-state index in [1.54, 1.807) is 13.8 Å². The number of halogens is 1. The topological polar surface area (TPSA) is 44.1 Å². The highest BCUT2D eigenvalue weighted by Gasteiger charge is 2.25. The van der Waals surface area contributed by atoms with Crippen LogP contribution in [0.2, 0.25) is 0 Å². The van der Waals surface area contributed by atoms with Crippen LogP contribution in [0, 0.1) is 12.9 Å². The van der Waals surface area contributed by atoms with Crippen molar-refractivity contribution in [3.63, 3.8) is 0 Å². The normalized spacial score (nSPS) is 12.5. The summed E-state index contributed by atoms with van der Waals surface area (Å²) in [5.74, 6) is -1.50. The molecule has 0 saturated heterocycles. The van der Waals surface area contributed by atoms with E-state index in [9.17, 15) is 9.18 Å². The standard InChI is InChI=1S/C16H19FN2O2/c1-10(2)21-16(20)14-15(17)18-9-19(14)12(4)13-8-6-5-7-11(13)3/h5-10,12H,1-4H3/t12-/m1/s1. The molecule has 1 aromatic carbocycles. The second-order valence-corrected chi connectivity index (χ2v) is 5.28. The molecule has 0 bridgehead atoms. The van der Waals surface area contributed by atoms with Crippen LogP contribution in [-0.4, -0.2) is 21.6 Å². The van der Waals surface area contributed by atoms with E-state index in [0.29, 0.717) is 0 Å². The van der Waals surface area contributed by atoms with Gasteiger partial charge >= 0.3 is 5.97 Å². The van der Waals surface area contributed by atoms with E-state index in [1.165, 1.54) is 10.9 Å². The molecule has 0 aliphatic rings. The van der Waals surface area contributed by atoms with Crippen LogP contribution in [0.1, 0.15) is 48.4 Å². The SMILES string of the molecule is Cc1ccccc1[C@@H](C)n1cnc(F)c1C(=O)OC(C)C. The van der Waals surface area contributed by atoms with Crippen LogP contribution in [0.3, 0.4) is 0 Å². The maximum atomic E-state index is 13.9. The highest BCUT2D eigenvalue weighted by Crippen LogP contribution is 2.24. The van der Waals surface area contributed by atoms with Crippen LogP contribution in [0.25, 0.3) is 0 Å². The Bertz CT molecular complexity index is 649. The lowest BCUT2D eigenvalue weighted by molar-refractivity contribution is 0.0358. The van der Waals surface area contributed by atoms with E-state index in [4.69, 9.17) is 4.74 Å². The zero-order chi connectivity index (χ0) is 15.6. The van der Waals surface area contributed by atoms with Gasteiger partial charge in [0.25, 0.3) is 0 Å². The highest BCUT2D eigenvalue weighted by atomic mass is 19.1. The summed E-state index contributed by atoms with van der Waals surface area (Å²) in [5.41, 5.74) is 1.94. The van der Waals surface area contributed by atoms with Gasteiger partial charge in [0, 0.05) is 0 Å². The third kappa shape index (κ3) is 3.12. The molecular weight excluding hydrogens is 271 g/mol. The van der Waals surface area contributed by atoms with Crippen LogP contribution in [0.4, 0.5) is 4.39 Å². The Morgan fingerprint density at radius 3 is 2.57 bits per heavy atom. The monoisotopic (exact) mass is 290 g/mol. The Hall–Kier alpha value is -2.17. The molecule has 2 rings (SSSR count). The predicted molar refractivity (Wildman–Crippen MR) is 77.7 cm³/mol. The average molecular weight is 290 g/mol. The molecular formula is C16H19FN2O2. The Labute approximate surface area is 123 Å². The summed E-state index contributed by atoms with van der Waals surface area (Å²) in [6.07, 6.45) is 1.03. The van der Waals surface area contributed by atoms with Crippen molar-refractivity contribution in [2.45, 2.75) is 39.8 Å². The van der Waals surface area contributed by atoms with Gasteiger partial charge in [-0.1, -0.05) is 24.3 Å². The second kappa shape index (κ2) is 6.08. The van der Waals surface area contributed by atoms with Crippen molar-refractivity contribution in [3.8, 4) is 0 Å². The third-order valence-electron chi connectivity index (χ3n) is 3.34. The van der Waals surface area contributed by atoms with Crippen LogP contribution in [-0.2, 0) is 4.74 Å². The maximum Gasteiger partial charge on any atom is 0.360 e. The number of esters is 1. The predicted octanol–water partition coefficient (Wildman–Crippen LogP) is 3.51. The number of rotatable bonds is 4. The van der Waals surface area contributed by atoms with Gasteiger partial charge in [-0.05, 0) is 38.8 Å². The number of aryl methyl sites for hydroxylation is 1. The number of hydrogen-bond donors (Lipinski definition) is 0. The Morgan fingerprint density at radius 1 is 1.29 bits per heavy atom.